The highest BCUT2D eigenvalue weighted by atomic mass is 79.9. The van der Waals surface area contributed by atoms with Crippen LogP contribution in [0.15, 0.2) is 64.3 Å². The van der Waals surface area contributed by atoms with Gasteiger partial charge in [0.25, 0.3) is 0 Å². The summed E-state index contributed by atoms with van der Waals surface area (Å²) in [6.07, 6.45) is 1.58. The van der Waals surface area contributed by atoms with Gasteiger partial charge in [0, 0.05) is 34.0 Å². The summed E-state index contributed by atoms with van der Waals surface area (Å²) in [6.45, 7) is 6.48. The maximum Gasteiger partial charge on any atom is 0.161 e. The Kier molecular flexibility index (Phi) is 4.88. The summed E-state index contributed by atoms with van der Waals surface area (Å²) in [5, 5.41) is 3.70. The third-order valence-corrected chi connectivity index (χ3v) is 7.30. The molecule has 2 heterocycles. The molecule has 4 nitrogen and oxygen atoms in total. The fourth-order valence-electron chi connectivity index (χ4n) is 5.42. The van der Waals surface area contributed by atoms with Gasteiger partial charge in [0.05, 0.1) is 12.2 Å². The number of carbonyl (C=O) groups excluding carboxylic acids is 1. The molecule has 4 unspecified atom stereocenters. The molecule has 2 aromatic carbocycles. The van der Waals surface area contributed by atoms with Crippen LogP contribution in [-0.4, -0.2) is 11.9 Å². The molecule has 2 aliphatic heterocycles. The number of rotatable bonds is 2. The number of Topliss-reactive ketones (excluding diaryl/α,β-unsaturated/α-hetero) is 1. The van der Waals surface area contributed by atoms with E-state index in [9.17, 15) is 4.79 Å². The third kappa shape index (κ3) is 3.43. The van der Waals surface area contributed by atoms with E-state index in [4.69, 9.17) is 0 Å². The van der Waals surface area contributed by atoms with Crippen molar-refractivity contribution >= 4 is 21.7 Å². The molecule has 4 atom stereocenters. The van der Waals surface area contributed by atoms with E-state index in [2.05, 4.69) is 101 Å². The van der Waals surface area contributed by atoms with Gasteiger partial charge in [0.2, 0.25) is 0 Å². The van der Waals surface area contributed by atoms with Gasteiger partial charge in [-0.25, -0.2) is 10.9 Å². The molecule has 0 saturated carbocycles. The van der Waals surface area contributed by atoms with E-state index in [1.807, 2.05) is 0 Å². The van der Waals surface area contributed by atoms with Crippen molar-refractivity contribution in [2.75, 3.05) is 0 Å². The van der Waals surface area contributed by atoms with Crippen LogP contribution in [-0.2, 0) is 4.79 Å². The lowest BCUT2D eigenvalue weighted by Crippen LogP contribution is -2.51. The first kappa shape index (κ1) is 20.0. The zero-order chi connectivity index (χ0) is 21.0. The molecule has 5 heteroatoms. The Balaban J connectivity index is 1.64. The molecule has 0 radical (unpaired) electrons. The molecule has 5 rings (SSSR count). The van der Waals surface area contributed by atoms with E-state index in [-0.39, 0.29) is 35.2 Å². The Labute approximate surface area is 186 Å². The van der Waals surface area contributed by atoms with Gasteiger partial charge in [-0.3, -0.25) is 4.79 Å². The average Bonchev–Trinajstić information content (AvgIpc) is 3.10. The average molecular weight is 466 g/mol. The van der Waals surface area contributed by atoms with Crippen LogP contribution in [0.4, 0.5) is 0 Å². The van der Waals surface area contributed by atoms with Crippen molar-refractivity contribution in [2.45, 2.75) is 51.7 Å². The molecule has 156 valence electrons. The van der Waals surface area contributed by atoms with Crippen molar-refractivity contribution < 1.29 is 4.79 Å². The van der Waals surface area contributed by atoms with Crippen molar-refractivity contribution in [1.29, 1.82) is 0 Å². The molecule has 0 aromatic heterocycles. The summed E-state index contributed by atoms with van der Waals surface area (Å²) in [4.78, 5) is 13.4. The number of halogens is 1. The predicted molar refractivity (Wildman–Crippen MR) is 123 cm³/mol. The number of ketones is 1. The molecule has 2 aromatic rings. The van der Waals surface area contributed by atoms with Gasteiger partial charge in [-0.05, 0) is 42.0 Å². The highest BCUT2D eigenvalue weighted by Gasteiger charge is 2.51. The lowest BCUT2D eigenvalue weighted by molar-refractivity contribution is -0.118. The van der Waals surface area contributed by atoms with E-state index < -0.39 is 0 Å². The van der Waals surface area contributed by atoms with Gasteiger partial charge < -0.3 is 5.32 Å². The number of hydrazine groups is 1. The van der Waals surface area contributed by atoms with Gasteiger partial charge in [-0.2, -0.15) is 0 Å². The largest absolute Gasteiger partial charge is 0.371 e. The second-order valence-electron chi connectivity index (χ2n) is 9.74. The maximum absolute atomic E-state index is 13.4. The number of aryl methyl sites for hydroxylation is 1. The van der Waals surface area contributed by atoms with Crippen molar-refractivity contribution in [3.63, 3.8) is 0 Å². The zero-order valence-corrected chi connectivity index (χ0v) is 19.2. The SMILES string of the molecule is Cc1ccc(C2NNC3NC4=C(C(=O)CC(C)(C)C4)C(c4ccc(Br)cc4)C32)cc1. The molecule has 1 saturated heterocycles. The molecule has 0 spiro atoms. The highest BCUT2D eigenvalue weighted by molar-refractivity contribution is 9.10. The highest BCUT2D eigenvalue weighted by Crippen LogP contribution is 2.51. The summed E-state index contributed by atoms with van der Waals surface area (Å²) in [7, 11) is 0. The number of nitrogens with one attached hydrogen (secondary N) is 3. The van der Waals surface area contributed by atoms with E-state index in [0.29, 0.717) is 6.42 Å². The first-order valence-corrected chi connectivity index (χ1v) is 11.5. The van der Waals surface area contributed by atoms with Crippen LogP contribution in [0, 0.1) is 18.3 Å². The van der Waals surface area contributed by atoms with Crippen LogP contribution in [0.25, 0.3) is 0 Å². The van der Waals surface area contributed by atoms with Crippen LogP contribution in [0.3, 0.4) is 0 Å². The Hall–Kier alpha value is -1.95. The molecule has 3 N–H and O–H groups in total. The fourth-order valence-corrected chi connectivity index (χ4v) is 5.69. The van der Waals surface area contributed by atoms with E-state index >= 15 is 0 Å². The molecular weight excluding hydrogens is 438 g/mol. The zero-order valence-electron chi connectivity index (χ0n) is 17.6. The first-order valence-electron chi connectivity index (χ1n) is 10.7. The van der Waals surface area contributed by atoms with Gasteiger partial charge in [0.1, 0.15) is 0 Å². The van der Waals surface area contributed by atoms with Crippen molar-refractivity contribution in [3.05, 3.63) is 81.0 Å². The second kappa shape index (κ2) is 7.33. The van der Waals surface area contributed by atoms with Gasteiger partial charge >= 0.3 is 0 Å². The number of allylic oxidation sites excluding steroid dienone is 2. The van der Waals surface area contributed by atoms with Gasteiger partial charge in [-0.15, -0.1) is 0 Å². The lowest BCUT2D eigenvalue weighted by Gasteiger charge is -2.44. The summed E-state index contributed by atoms with van der Waals surface area (Å²) in [5.74, 6) is 0.532. The number of hydrogen-bond acceptors (Lipinski definition) is 4. The molecule has 3 aliphatic rings. The number of hydrogen-bond donors (Lipinski definition) is 3. The van der Waals surface area contributed by atoms with Crippen LogP contribution in [0.5, 0.6) is 0 Å². The van der Waals surface area contributed by atoms with E-state index in [0.717, 1.165) is 22.2 Å². The summed E-state index contributed by atoms with van der Waals surface area (Å²) < 4.78 is 1.06. The van der Waals surface area contributed by atoms with Crippen LogP contribution >= 0.6 is 15.9 Å². The molecular formula is C25H28BrN3O. The topological polar surface area (TPSA) is 53.2 Å². The quantitative estimate of drug-likeness (QED) is 0.591. The van der Waals surface area contributed by atoms with E-state index in [1.165, 1.54) is 16.7 Å². The fraction of sp³-hybridized carbons (Fsp3) is 0.400. The van der Waals surface area contributed by atoms with Crippen LogP contribution in [0.1, 0.15) is 55.3 Å². The summed E-state index contributed by atoms with van der Waals surface area (Å²) in [6, 6.07) is 17.3. The first-order chi connectivity index (χ1) is 14.3. The molecule has 1 aliphatic carbocycles. The Morgan fingerprint density at radius 1 is 0.933 bits per heavy atom. The Bertz CT molecular complexity index is 1010. The normalized spacial score (nSPS) is 29.9. The molecule has 0 amide bonds. The maximum atomic E-state index is 13.4. The Morgan fingerprint density at radius 3 is 2.30 bits per heavy atom. The van der Waals surface area contributed by atoms with Crippen molar-refractivity contribution in [1.82, 2.24) is 16.2 Å². The van der Waals surface area contributed by atoms with Crippen LogP contribution < -0.4 is 16.2 Å². The Morgan fingerprint density at radius 2 is 1.60 bits per heavy atom. The summed E-state index contributed by atoms with van der Waals surface area (Å²) in [5.41, 5.74) is 12.8. The minimum absolute atomic E-state index is 0.0115. The third-order valence-electron chi connectivity index (χ3n) is 6.78. The number of fused-ring (bicyclic) bond motifs is 1. The standard InChI is InChI=1S/C25H28BrN3O/c1-14-4-6-16(7-5-14)23-22-20(15-8-10-17(26)11-9-15)21-18(27-24(22)29-28-23)12-25(2,3)13-19(21)30/h4-11,20,22-24,27-29H,12-13H2,1-3H3. The smallest absolute Gasteiger partial charge is 0.161 e. The molecule has 0 bridgehead atoms. The predicted octanol–water partition coefficient (Wildman–Crippen LogP) is 4.88. The number of carbonyl (C=O) groups is 1. The number of benzene rings is 2. The van der Waals surface area contributed by atoms with Crippen molar-refractivity contribution in [2.24, 2.45) is 11.3 Å². The second-order valence-corrected chi connectivity index (χ2v) is 10.7. The summed E-state index contributed by atoms with van der Waals surface area (Å²) >= 11 is 3.56. The minimum atomic E-state index is -0.0115. The van der Waals surface area contributed by atoms with Gasteiger partial charge in [0.15, 0.2) is 5.78 Å². The van der Waals surface area contributed by atoms with Crippen molar-refractivity contribution in [3.8, 4) is 0 Å². The lowest BCUT2D eigenvalue weighted by atomic mass is 9.65. The molecule has 1 fully saturated rings. The monoisotopic (exact) mass is 465 g/mol. The van der Waals surface area contributed by atoms with Crippen LogP contribution in [0.2, 0.25) is 0 Å². The molecule has 30 heavy (non-hydrogen) atoms. The van der Waals surface area contributed by atoms with E-state index in [1.54, 1.807) is 0 Å². The minimum Gasteiger partial charge on any atom is -0.371 e. The van der Waals surface area contributed by atoms with Gasteiger partial charge in [-0.1, -0.05) is 71.7 Å².